The van der Waals surface area contributed by atoms with Crippen molar-refractivity contribution < 1.29 is 4.43 Å². The average Bonchev–Trinajstić information content (AvgIpc) is 2.90. The van der Waals surface area contributed by atoms with E-state index in [1.807, 2.05) is 0 Å². The van der Waals surface area contributed by atoms with Gasteiger partial charge in [-0.15, -0.1) is 0 Å². The second-order valence-corrected chi connectivity index (χ2v) is 11.9. The van der Waals surface area contributed by atoms with E-state index in [1.165, 1.54) is 19.3 Å². The minimum atomic E-state index is -1.52. The summed E-state index contributed by atoms with van der Waals surface area (Å²) in [5.74, 6) is 0.811. The van der Waals surface area contributed by atoms with Crippen LogP contribution >= 0.6 is 0 Å². The van der Waals surface area contributed by atoms with Gasteiger partial charge in [-0.3, -0.25) is 0 Å². The van der Waals surface area contributed by atoms with E-state index in [1.54, 1.807) is 0 Å². The summed E-state index contributed by atoms with van der Waals surface area (Å²) in [6.07, 6.45) is 4.08. The Kier molecular flexibility index (Phi) is 3.23. The molecule has 0 amide bonds. The van der Waals surface area contributed by atoms with Gasteiger partial charge < -0.3 is 9.74 Å². The zero-order valence-electron chi connectivity index (χ0n) is 11.5. The van der Waals surface area contributed by atoms with Gasteiger partial charge in [0, 0.05) is 18.7 Å². The molecule has 0 aromatic rings. The Bertz CT molecular complexity index is 259. The van der Waals surface area contributed by atoms with Crippen LogP contribution in [0.1, 0.15) is 40.0 Å². The van der Waals surface area contributed by atoms with Gasteiger partial charge in [0.2, 0.25) is 0 Å². The first-order valence-electron chi connectivity index (χ1n) is 6.69. The standard InChI is InChI=1S/C13H27NOSi/c1-13(2,3)16(4,5)15-9-10-6-7-11-12(8-10)14-11/h10-12,14H,6-9H2,1-5H3/t10-,11-,12+/m0/s1. The summed E-state index contributed by atoms with van der Waals surface area (Å²) in [6.45, 7) is 12.7. The molecule has 94 valence electrons. The highest BCUT2D eigenvalue weighted by Crippen LogP contribution is 2.38. The van der Waals surface area contributed by atoms with Crippen LogP contribution in [-0.2, 0) is 4.43 Å². The van der Waals surface area contributed by atoms with Crippen molar-refractivity contribution in [2.75, 3.05) is 6.61 Å². The predicted octanol–water partition coefficient (Wildman–Crippen LogP) is 3.15. The number of rotatable bonds is 3. The van der Waals surface area contributed by atoms with Gasteiger partial charge in [-0.2, -0.15) is 0 Å². The van der Waals surface area contributed by atoms with Crippen LogP contribution in [0.15, 0.2) is 0 Å². The lowest BCUT2D eigenvalue weighted by Gasteiger charge is -2.37. The molecule has 1 aliphatic heterocycles. The lowest BCUT2D eigenvalue weighted by molar-refractivity contribution is 0.202. The van der Waals surface area contributed by atoms with Gasteiger partial charge in [0.15, 0.2) is 8.32 Å². The molecule has 1 aliphatic carbocycles. The molecule has 0 aromatic heterocycles. The van der Waals surface area contributed by atoms with E-state index in [9.17, 15) is 0 Å². The molecule has 1 N–H and O–H groups in total. The smallest absolute Gasteiger partial charge is 0.191 e. The summed E-state index contributed by atoms with van der Waals surface area (Å²) in [4.78, 5) is 0. The molecule has 3 atom stereocenters. The molecule has 1 saturated heterocycles. The van der Waals surface area contributed by atoms with Gasteiger partial charge in [-0.25, -0.2) is 0 Å². The molecule has 2 aliphatic rings. The van der Waals surface area contributed by atoms with Crippen molar-refractivity contribution >= 4 is 8.32 Å². The highest BCUT2D eigenvalue weighted by atomic mass is 28.4. The Morgan fingerprint density at radius 3 is 2.44 bits per heavy atom. The third-order valence-corrected chi connectivity index (χ3v) is 9.26. The molecule has 0 aromatic carbocycles. The third kappa shape index (κ3) is 2.69. The largest absolute Gasteiger partial charge is 0.417 e. The molecule has 2 nitrogen and oxygen atoms in total. The topological polar surface area (TPSA) is 31.2 Å². The van der Waals surface area contributed by atoms with Gasteiger partial charge in [0.05, 0.1) is 0 Å². The quantitative estimate of drug-likeness (QED) is 0.608. The van der Waals surface area contributed by atoms with Crippen molar-refractivity contribution in [2.45, 2.75) is 70.2 Å². The Labute approximate surface area is 101 Å². The minimum Gasteiger partial charge on any atom is -0.417 e. The van der Waals surface area contributed by atoms with E-state index in [0.29, 0.717) is 5.04 Å². The van der Waals surface area contributed by atoms with Crippen LogP contribution in [0.4, 0.5) is 0 Å². The van der Waals surface area contributed by atoms with Crippen LogP contribution in [0.5, 0.6) is 0 Å². The van der Waals surface area contributed by atoms with E-state index < -0.39 is 8.32 Å². The monoisotopic (exact) mass is 241 g/mol. The van der Waals surface area contributed by atoms with Crippen molar-refractivity contribution in [3.63, 3.8) is 0 Å². The number of hydrogen-bond donors (Lipinski definition) is 1. The fourth-order valence-electron chi connectivity index (χ4n) is 2.32. The second-order valence-electron chi connectivity index (χ2n) is 7.13. The summed E-state index contributed by atoms with van der Waals surface area (Å²) in [6, 6.07) is 1.70. The fraction of sp³-hybridized carbons (Fsp3) is 1.00. The van der Waals surface area contributed by atoms with Crippen molar-refractivity contribution in [1.29, 1.82) is 0 Å². The van der Waals surface area contributed by atoms with Crippen LogP contribution in [0.3, 0.4) is 0 Å². The molecule has 0 unspecified atom stereocenters. The van der Waals surface area contributed by atoms with Crippen molar-refractivity contribution in [3.8, 4) is 0 Å². The fourth-order valence-corrected chi connectivity index (χ4v) is 3.41. The Morgan fingerprint density at radius 1 is 1.19 bits per heavy atom. The zero-order valence-corrected chi connectivity index (χ0v) is 12.5. The van der Waals surface area contributed by atoms with Gasteiger partial charge in [0.25, 0.3) is 0 Å². The molecule has 1 heterocycles. The molecule has 3 heteroatoms. The molecular weight excluding hydrogens is 214 g/mol. The summed E-state index contributed by atoms with van der Waals surface area (Å²) in [5, 5.41) is 3.89. The highest BCUT2D eigenvalue weighted by molar-refractivity contribution is 6.74. The van der Waals surface area contributed by atoms with E-state index in [4.69, 9.17) is 4.43 Å². The van der Waals surface area contributed by atoms with Crippen LogP contribution in [-0.4, -0.2) is 27.0 Å². The van der Waals surface area contributed by atoms with Crippen molar-refractivity contribution in [2.24, 2.45) is 5.92 Å². The summed E-state index contributed by atoms with van der Waals surface area (Å²) in [7, 11) is -1.52. The van der Waals surface area contributed by atoms with E-state index >= 15 is 0 Å². The summed E-state index contributed by atoms with van der Waals surface area (Å²) >= 11 is 0. The normalized spacial score (nSPS) is 34.7. The average molecular weight is 241 g/mol. The Morgan fingerprint density at radius 2 is 1.88 bits per heavy atom. The SMILES string of the molecule is CC(C)(C)[Si](C)(C)OC[C@H]1CC[C@@H]2N[C@@H]2C1. The minimum absolute atomic E-state index is 0.349. The van der Waals surface area contributed by atoms with E-state index in [0.717, 1.165) is 24.6 Å². The van der Waals surface area contributed by atoms with E-state index in [2.05, 4.69) is 39.2 Å². The van der Waals surface area contributed by atoms with Crippen LogP contribution in [0.25, 0.3) is 0 Å². The van der Waals surface area contributed by atoms with E-state index in [-0.39, 0.29) is 0 Å². The van der Waals surface area contributed by atoms with Crippen LogP contribution in [0, 0.1) is 5.92 Å². The highest BCUT2D eigenvalue weighted by Gasteiger charge is 2.43. The molecule has 16 heavy (non-hydrogen) atoms. The van der Waals surface area contributed by atoms with Crippen molar-refractivity contribution in [3.05, 3.63) is 0 Å². The Hall–Kier alpha value is 0.137. The van der Waals surface area contributed by atoms with Crippen molar-refractivity contribution in [1.82, 2.24) is 5.32 Å². The summed E-state index contributed by atoms with van der Waals surface area (Å²) in [5.41, 5.74) is 0. The molecule has 0 bridgehead atoms. The number of nitrogens with one attached hydrogen (secondary N) is 1. The first-order chi connectivity index (χ1) is 7.29. The number of fused-ring (bicyclic) bond motifs is 1. The second kappa shape index (κ2) is 4.11. The molecule has 2 fully saturated rings. The first-order valence-corrected chi connectivity index (χ1v) is 9.60. The predicted molar refractivity (Wildman–Crippen MR) is 71.2 cm³/mol. The zero-order chi connectivity index (χ0) is 12.0. The maximum atomic E-state index is 6.31. The Balaban J connectivity index is 1.78. The first kappa shape index (κ1) is 12.6. The van der Waals surface area contributed by atoms with Gasteiger partial charge >= 0.3 is 0 Å². The third-order valence-electron chi connectivity index (χ3n) is 4.76. The lowest BCUT2D eigenvalue weighted by atomic mass is 9.90. The van der Waals surface area contributed by atoms with Gasteiger partial charge in [-0.1, -0.05) is 20.8 Å². The molecule has 0 spiro atoms. The molecular formula is C13H27NOSi. The van der Waals surface area contributed by atoms with Crippen LogP contribution < -0.4 is 5.32 Å². The van der Waals surface area contributed by atoms with Gasteiger partial charge in [-0.05, 0) is 43.3 Å². The maximum absolute atomic E-state index is 6.31. The van der Waals surface area contributed by atoms with Crippen LogP contribution in [0.2, 0.25) is 18.1 Å². The molecule has 0 radical (unpaired) electrons. The van der Waals surface area contributed by atoms with Gasteiger partial charge in [0.1, 0.15) is 0 Å². The summed E-state index contributed by atoms with van der Waals surface area (Å²) < 4.78 is 6.31. The maximum Gasteiger partial charge on any atom is 0.191 e. The lowest BCUT2D eigenvalue weighted by Crippen LogP contribution is -2.42. The molecule has 1 saturated carbocycles. The number of hydrogen-bond acceptors (Lipinski definition) is 2. The molecule has 2 rings (SSSR count).